The molecule has 2 aliphatic rings. The maximum Gasteiger partial charge on any atom is 0.237 e. The molecule has 1 saturated carbocycles. The van der Waals surface area contributed by atoms with Gasteiger partial charge in [0.2, 0.25) is 5.91 Å². The summed E-state index contributed by atoms with van der Waals surface area (Å²) < 4.78 is 23.0. The molecule has 0 aromatic rings. The number of sulfone groups is 1. The van der Waals surface area contributed by atoms with Crippen LogP contribution in [-0.2, 0) is 14.6 Å². The molecule has 0 radical (unpaired) electrons. The average molecular weight is 345 g/mol. The molecule has 1 aliphatic heterocycles. The zero-order valence-corrected chi connectivity index (χ0v) is 15.6. The molecule has 1 aliphatic carbocycles. The number of amides is 1. The molecule has 23 heavy (non-hydrogen) atoms. The van der Waals surface area contributed by atoms with Gasteiger partial charge < -0.3 is 5.32 Å². The molecule has 1 N–H and O–H groups in total. The summed E-state index contributed by atoms with van der Waals surface area (Å²) in [5, 5.41) is 3.12. The lowest BCUT2D eigenvalue weighted by molar-refractivity contribution is -0.125. The Morgan fingerprint density at radius 3 is 2.39 bits per heavy atom. The Balaban J connectivity index is 1.88. The SMILES string of the molecule is CC(C)(CN1CCC[C@@H]1C(=O)NCC1CCCCC1)S(C)(=O)=O. The predicted molar refractivity (Wildman–Crippen MR) is 93.1 cm³/mol. The van der Waals surface area contributed by atoms with Gasteiger partial charge in [-0.25, -0.2) is 8.42 Å². The number of hydrogen-bond donors (Lipinski definition) is 1. The van der Waals surface area contributed by atoms with Crippen LogP contribution in [-0.4, -0.2) is 55.9 Å². The van der Waals surface area contributed by atoms with Gasteiger partial charge in [0.15, 0.2) is 9.84 Å². The minimum absolute atomic E-state index is 0.0809. The lowest BCUT2D eigenvalue weighted by Crippen LogP contribution is -2.50. The number of nitrogens with zero attached hydrogens (tertiary/aromatic N) is 1. The molecule has 1 amide bonds. The molecule has 134 valence electrons. The first-order chi connectivity index (χ1) is 10.7. The first-order valence-electron chi connectivity index (χ1n) is 8.92. The smallest absolute Gasteiger partial charge is 0.237 e. The second kappa shape index (κ2) is 7.51. The van der Waals surface area contributed by atoms with Crippen molar-refractivity contribution in [2.45, 2.75) is 69.6 Å². The summed E-state index contributed by atoms with van der Waals surface area (Å²) >= 11 is 0. The summed E-state index contributed by atoms with van der Waals surface area (Å²) in [4.78, 5) is 14.6. The molecule has 0 unspecified atom stereocenters. The fraction of sp³-hybridized carbons (Fsp3) is 0.941. The van der Waals surface area contributed by atoms with Gasteiger partial charge in [0.25, 0.3) is 0 Å². The van der Waals surface area contributed by atoms with Crippen LogP contribution >= 0.6 is 0 Å². The van der Waals surface area contributed by atoms with E-state index in [9.17, 15) is 13.2 Å². The Hall–Kier alpha value is -0.620. The van der Waals surface area contributed by atoms with Crippen LogP contribution in [0.25, 0.3) is 0 Å². The van der Waals surface area contributed by atoms with Crippen molar-refractivity contribution < 1.29 is 13.2 Å². The summed E-state index contributed by atoms with van der Waals surface area (Å²) in [5.41, 5.74) is 0. The number of hydrogen-bond acceptors (Lipinski definition) is 4. The Kier molecular flexibility index (Phi) is 6.11. The van der Waals surface area contributed by atoms with E-state index in [0.717, 1.165) is 25.9 Å². The molecule has 1 atom stereocenters. The Morgan fingerprint density at radius 2 is 1.78 bits per heavy atom. The van der Waals surface area contributed by atoms with Crippen LogP contribution in [0.5, 0.6) is 0 Å². The largest absolute Gasteiger partial charge is 0.354 e. The Labute approximate surface area is 141 Å². The van der Waals surface area contributed by atoms with Crippen LogP contribution in [0.15, 0.2) is 0 Å². The van der Waals surface area contributed by atoms with Crippen molar-refractivity contribution in [1.82, 2.24) is 10.2 Å². The van der Waals surface area contributed by atoms with Gasteiger partial charge >= 0.3 is 0 Å². The fourth-order valence-corrected chi connectivity index (χ4v) is 4.07. The number of likely N-dealkylation sites (tertiary alicyclic amines) is 1. The molecule has 1 saturated heterocycles. The molecular formula is C17H32N2O3S. The molecule has 2 fully saturated rings. The highest BCUT2D eigenvalue weighted by Gasteiger charge is 2.38. The maximum atomic E-state index is 12.5. The second-order valence-corrected chi connectivity index (χ2v) is 10.6. The van der Waals surface area contributed by atoms with Gasteiger partial charge in [-0.3, -0.25) is 9.69 Å². The Bertz CT molecular complexity index is 510. The fourth-order valence-electron chi connectivity index (χ4n) is 3.67. The number of rotatable bonds is 6. The minimum atomic E-state index is -3.14. The standard InChI is InChI=1S/C17H32N2O3S/c1-17(2,23(3,21)22)13-19-11-7-10-15(19)16(20)18-12-14-8-5-4-6-9-14/h14-15H,4-13H2,1-3H3,(H,18,20)/t15-/m1/s1. The van der Waals surface area contributed by atoms with E-state index >= 15 is 0 Å². The van der Waals surface area contributed by atoms with E-state index in [1.807, 2.05) is 0 Å². The normalized spacial score (nSPS) is 24.7. The van der Waals surface area contributed by atoms with Gasteiger partial charge in [-0.15, -0.1) is 0 Å². The number of carbonyl (C=O) groups is 1. The van der Waals surface area contributed by atoms with E-state index in [4.69, 9.17) is 0 Å². The van der Waals surface area contributed by atoms with Crippen molar-refractivity contribution in [3.05, 3.63) is 0 Å². The molecule has 5 nitrogen and oxygen atoms in total. The molecule has 0 bridgehead atoms. The van der Waals surface area contributed by atoms with Crippen molar-refractivity contribution in [3.63, 3.8) is 0 Å². The highest BCUT2D eigenvalue weighted by molar-refractivity contribution is 7.92. The second-order valence-electron chi connectivity index (χ2n) is 7.91. The van der Waals surface area contributed by atoms with E-state index in [1.165, 1.54) is 38.4 Å². The first-order valence-corrected chi connectivity index (χ1v) is 10.8. The lowest BCUT2D eigenvalue weighted by Gasteiger charge is -2.32. The average Bonchev–Trinajstić information content (AvgIpc) is 2.92. The molecule has 2 rings (SSSR count). The third-order valence-corrected chi connectivity index (χ3v) is 7.68. The Morgan fingerprint density at radius 1 is 1.13 bits per heavy atom. The highest BCUT2D eigenvalue weighted by atomic mass is 32.2. The van der Waals surface area contributed by atoms with E-state index in [2.05, 4.69) is 10.2 Å². The van der Waals surface area contributed by atoms with Crippen LogP contribution in [0.2, 0.25) is 0 Å². The van der Waals surface area contributed by atoms with Crippen LogP contribution in [0.4, 0.5) is 0 Å². The highest BCUT2D eigenvalue weighted by Crippen LogP contribution is 2.25. The third-order valence-electron chi connectivity index (χ3n) is 5.54. The maximum absolute atomic E-state index is 12.5. The van der Waals surface area contributed by atoms with Crippen molar-refractivity contribution in [2.24, 2.45) is 5.92 Å². The quantitative estimate of drug-likeness (QED) is 0.800. The minimum Gasteiger partial charge on any atom is -0.354 e. The molecule has 1 heterocycles. The van der Waals surface area contributed by atoms with Crippen LogP contribution in [0.3, 0.4) is 0 Å². The van der Waals surface area contributed by atoms with Crippen molar-refractivity contribution in [1.29, 1.82) is 0 Å². The monoisotopic (exact) mass is 344 g/mol. The van der Waals surface area contributed by atoms with Gasteiger partial charge in [-0.1, -0.05) is 19.3 Å². The summed E-state index contributed by atoms with van der Waals surface area (Å²) in [6.45, 7) is 5.50. The zero-order valence-electron chi connectivity index (χ0n) is 14.8. The summed E-state index contributed by atoms with van der Waals surface area (Å²) in [7, 11) is -3.14. The number of carbonyl (C=O) groups excluding carboxylic acids is 1. The van der Waals surface area contributed by atoms with Gasteiger partial charge in [0.1, 0.15) is 0 Å². The van der Waals surface area contributed by atoms with Crippen molar-refractivity contribution >= 4 is 15.7 Å². The lowest BCUT2D eigenvalue weighted by atomic mass is 9.89. The summed E-state index contributed by atoms with van der Waals surface area (Å²) in [6.07, 6.45) is 9.38. The molecule has 0 aromatic heterocycles. The van der Waals surface area contributed by atoms with Gasteiger partial charge in [0.05, 0.1) is 10.8 Å². The van der Waals surface area contributed by atoms with E-state index in [-0.39, 0.29) is 11.9 Å². The summed E-state index contributed by atoms with van der Waals surface area (Å²) in [5.74, 6) is 0.701. The van der Waals surface area contributed by atoms with Crippen LogP contribution in [0.1, 0.15) is 58.8 Å². The predicted octanol–water partition coefficient (Wildman–Crippen LogP) is 1.97. The van der Waals surface area contributed by atoms with Gasteiger partial charge in [-0.05, 0) is 52.0 Å². The molecule has 0 spiro atoms. The first kappa shape index (κ1) is 18.7. The van der Waals surface area contributed by atoms with Crippen molar-refractivity contribution in [3.8, 4) is 0 Å². The van der Waals surface area contributed by atoms with Gasteiger partial charge in [-0.2, -0.15) is 0 Å². The van der Waals surface area contributed by atoms with E-state index < -0.39 is 14.6 Å². The third kappa shape index (κ3) is 4.92. The van der Waals surface area contributed by atoms with Crippen LogP contribution in [0, 0.1) is 5.92 Å². The van der Waals surface area contributed by atoms with E-state index in [1.54, 1.807) is 13.8 Å². The molecular weight excluding hydrogens is 312 g/mol. The van der Waals surface area contributed by atoms with E-state index in [0.29, 0.717) is 12.5 Å². The van der Waals surface area contributed by atoms with Crippen molar-refractivity contribution in [2.75, 3.05) is 25.9 Å². The molecule has 6 heteroatoms. The molecule has 0 aromatic carbocycles. The zero-order chi connectivity index (χ0) is 17.1. The summed E-state index contributed by atoms with van der Waals surface area (Å²) in [6, 6.07) is -0.167. The van der Waals surface area contributed by atoms with Gasteiger partial charge in [0, 0.05) is 19.3 Å². The topological polar surface area (TPSA) is 66.5 Å². The van der Waals surface area contributed by atoms with Crippen LogP contribution < -0.4 is 5.32 Å². The number of nitrogens with one attached hydrogen (secondary N) is 1.